The largest absolute Gasteiger partial charge is 0.218 e. The number of nitrogens with zero attached hydrogens (tertiary/aromatic N) is 2. The van der Waals surface area contributed by atoms with Crippen molar-refractivity contribution < 1.29 is 8.42 Å². The standard InChI is InChI=1S/C14H10N2O2S/c1-2-5-13-14(10(8-15)9-16)11-6-3-4-7-12(11)19(13,17)18/h3-7H,2H2,1H3/b13-5-. The first-order valence-corrected chi connectivity index (χ1v) is 7.15. The van der Waals surface area contributed by atoms with Gasteiger partial charge in [-0.3, -0.25) is 0 Å². The van der Waals surface area contributed by atoms with Crippen molar-refractivity contribution in [3.05, 3.63) is 46.4 Å². The molecular weight excluding hydrogens is 260 g/mol. The van der Waals surface area contributed by atoms with Crippen LogP contribution < -0.4 is 0 Å². The van der Waals surface area contributed by atoms with E-state index in [1.165, 1.54) is 6.07 Å². The fourth-order valence-electron chi connectivity index (χ4n) is 2.08. The van der Waals surface area contributed by atoms with Crippen LogP contribution in [0.25, 0.3) is 5.57 Å². The van der Waals surface area contributed by atoms with Gasteiger partial charge in [0.05, 0.1) is 9.80 Å². The summed E-state index contributed by atoms with van der Waals surface area (Å²) in [4.78, 5) is 0.224. The Morgan fingerprint density at radius 1 is 1.26 bits per heavy atom. The van der Waals surface area contributed by atoms with E-state index >= 15 is 0 Å². The van der Waals surface area contributed by atoms with Crippen LogP contribution in [0.4, 0.5) is 0 Å². The van der Waals surface area contributed by atoms with E-state index in [2.05, 4.69) is 0 Å². The highest BCUT2D eigenvalue weighted by Crippen LogP contribution is 2.44. The molecule has 0 radical (unpaired) electrons. The summed E-state index contributed by atoms with van der Waals surface area (Å²) in [7, 11) is -3.62. The van der Waals surface area contributed by atoms with Gasteiger partial charge in [-0.2, -0.15) is 10.5 Å². The Hall–Kier alpha value is -2.37. The van der Waals surface area contributed by atoms with Gasteiger partial charge in [-0.25, -0.2) is 8.42 Å². The summed E-state index contributed by atoms with van der Waals surface area (Å²) < 4.78 is 24.8. The van der Waals surface area contributed by atoms with Crippen LogP contribution in [0, 0.1) is 22.7 Å². The number of sulfone groups is 1. The molecule has 0 saturated heterocycles. The summed E-state index contributed by atoms with van der Waals surface area (Å²) in [6.45, 7) is 1.81. The Labute approximate surface area is 111 Å². The van der Waals surface area contributed by atoms with E-state index in [4.69, 9.17) is 10.5 Å². The number of hydrogen-bond acceptors (Lipinski definition) is 4. The van der Waals surface area contributed by atoms with Crippen molar-refractivity contribution in [3.8, 4) is 12.1 Å². The van der Waals surface area contributed by atoms with Gasteiger partial charge in [-0.15, -0.1) is 0 Å². The average molecular weight is 270 g/mol. The zero-order valence-electron chi connectivity index (χ0n) is 10.2. The predicted octanol–water partition coefficient (Wildman–Crippen LogP) is 2.57. The molecule has 19 heavy (non-hydrogen) atoms. The van der Waals surface area contributed by atoms with Crippen molar-refractivity contribution in [2.24, 2.45) is 0 Å². The van der Waals surface area contributed by atoms with Crippen molar-refractivity contribution in [1.82, 2.24) is 0 Å². The topological polar surface area (TPSA) is 81.7 Å². The first-order chi connectivity index (χ1) is 9.07. The number of nitriles is 2. The second-order valence-corrected chi connectivity index (χ2v) is 5.84. The van der Waals surface area contributed by atoms with E-state index < -0.39 is 9.84 Å². The van der Waals surface area contributed by atoms with Gasteiger partial charge in [0.1, 0.15) is 17.7 Å². The molecule has 1 aliphatic rings. The summed E-state index contributed by atoms with van der Waals surface area (Å²) in [5, 5.41) is 18.0. The molecule has 0 bridgehead atoms. The highest BCUT2D eigenvalue weighted by Gasteiger charge is 2.37. The molecule has 1 aliphatic heterocycles. The maximum Gasteiger partial charge on any atom is 0.207 e. The van der Waals surface area contributed by atoms with Crippen molar-refractivity contribution in [1.29, 1.82) is 10.5 Å². The minimum Gasteiger partial charge on any atom is -0.218 e. The van der Waals surface area contributed by atoms with Crippen molar-refractivity contribution in [2.45, 2.75) is 18.2 Å². The van der Waals surface area contributed by atoms with Gasteiger partial charge < -0.3 is 0 Å². The third-order valence-electron chi connectivity index (χ3n) is 2.84. The number of fused-ring (bicyclic) bond motifs is 1. The summed E-state index contributed by atoms with van der Waals surface area (Å²) in [6, 6.07) is 9.98. The third-order valence-corrected chi connectivity index (χ3v) is 4.73. The molecule has 0 aromatic heterocycles. The van der Waals surface area contributed by atoms with Crippen LogP contribution in [0.15, 0.2) is 45.7 Å². The van der Waals surface area contributed by atoms with E-state index in [-0.39, 0.29) is 20.9 Å². The molecule has 0 aliphatic carbocycles. The highest BCUT2D eigenvalue weighted by atomic mass is 32.2. The Balaban J connectivity index is 2.96. The van der Waals surface area contributed by atoms with Gasteiger partial charge in [0.15, 0.2) is 0 Å². The van der Waals surface area contributed by atoms with Gasteiger partial charge in [0, 0.05) is 11.1 Å². The number of benzene rings is 1. The van der Waals surface area contributed by atoms with E-state index in [0.29, 0.717) is 12.0 Å². The molecule has 2 rings (SSSR count). The van der Waals surface area contributed by atoms with Crippen molar-refractivity contribution >= 4 is 15.4 Å². The zero-order valence-corrected chi connectivity index (χ0v) is 11.0. The molecule has 0 unspecified atom stereocenters. The van der Waals surface area contributed by atoms with E-state index in [0.717, 1.165) is 0 Å². The van der Waals surface area contributed by atoms with Crippen LogP contribution in [-0.4, -0.2) is 8.42 Å². The van der Waals surface area contributed by atoms with Crippen LogP contribution >= 0.6 is 0 Å². The summed E-state index contributed by atoms with van der Waals surface area (Å²) in [5.41, 5.74) is 0.482. The van der Waals surface area contributed by atoms with Gasteiger partial charge in [-0.05, 0) is 12.5 Å². The lowest BCUT2D eigenvalue weighted by molar-refractivity contribution is 0.604. The van der Waals surface area contributed by atoms with Gasteiger partial charge in [0.25, 0.3) is 0 Å². The Kier molecular flexibility index (Phi) is 3.25. The van der Waals surface area contributed by atoms with Gasteiger partial charge in [0.2, 0.25) is 9.84 Å². The molecule has 1 heterocycles. The van der Waals surface area contributed by atoms with Crippen LogP contribution in [0.5, 0.6) is 0 Å². The molecule has 0 N–H and O–H groups in total. The summed E-state index contributed by atoms with van der Waals surface area (Å²) in [6.07, 6.45) is 2.05. The normalized spacial score (nSPS) is 17.6. The fourth-order valence-corrected chi connectivity index (χ4v) is 3.91. The Morgan fingerprint density at radius 3 is 2.47 bits per heavy atom. The molecule has 1 aromatic rings. The molecule has 4 nitrogen and oxygen atoms in total. The molecular formula is C14H10N2O2S. The Morgan fingerprint density at radius 2 is 1.89 bits per heavy atom. The minimum atomic E-state index is -3.62. The zero-order chi connectivity index (χ0) is 14.0. The van der Waals surface area contributed by atoms with E-state index in [9.17, 15) is 8.42 Å². The smallest absolute Gasteiger partial charge is 0.207 e. The minimum absolute atomic E-state index is 0.0642. The first kappa shape index (κ1) is 13.1. The van der Waals surface area contributed by atoms with Crippen LogP contribution in [0.3, 0.4) is 0 Å². The number of allylic oxidation sites excluding steroid dienone is 3. The molecule has 0 fully saturated rings. The molecule has 0 spiro atoms. The van der Waals surface area contributed by atoms with Crippen molar-refractivity contribution in [3.63, 3.8) is 0 Å². The van der Waals surface area contributed by atoms with Gasteiger partial charge >= 0.3 is 0 Å². The summed E-state index contributed by atoms with van der Waals surface area (Å²) in [5.74, 6) is 0. The summed E-state index contributed by atoms with van der Waals surface area (Å²) >= 11 is 0. The van der Waals surface area contributed by atoms with Crippen LogP contribution in [0.2, 0.25) is 0 Å². The lowest BCUT2D eigenvalue weighted by atomic mass is 10.0. The second-order valence-electron chi connectivity index (χ2n) is 3.95. The second kappa shape index (κ2) is 4.72. The lowest BCUT2D eigenvalue weighted by Crippen LogP contribution is -1.98. The lowest BCUT2D eigenvalue weighted by Gasteiger charge is -2.00. The van der Waals surface area contributed by atoms with E-state index in [1.54, 1.807) is 36.4 Å². The average Bonchev–Trinajstić information content (AvgIpc) is 2.63. The molecule has 1 aromatic carbocycles. The molecule has 0 saturated carbocycles. The van der Waals surface area contributed by atoms with Crippen molar-refractivity contribution in [2.75, 3.05) is 0 Å². The number of hydrogen-bond donors (Lipinski definition) is 0. The monoisotopic (exact) mass is 270 g/mol. The third kappa shape index (κ3) is 1.85. The molecule has 5 heteroatoms. The molecule has 94 valence electrons. The molecule has 0 amide bonds. The predicted molar refractivity (Wildman–Crippen MR) is 70.1 cm³/mol. The van der Waals surface area contributed by atoms with E-state index in [1.807, 2.05) is 6.92 Å². The quantitative estimate of drug-likeness (QED) is 0.734. The SMILES string of the molecule is CC/C=C1/C(=C(C#N)C#N)c2ccccc2S1(=O)=O. The molecule has 0 atom stereocenters. The van der Waals surface area contributed by atoms with Gasteiger partial charge in [-0.1, -0.05) is 31.2 Å². The number of rotatable bonds is 1. The van der Waals surface area contributed by atoms with Crippen LogP contribution in [0.1, 0.15) is 18.9 Å². The maximum absolute atomic E-state index is 12.4. The fraction of sp³-hybridized carbons (Fsp3) is 0.143. The maximum atomic E-state index is 12.4. The van der Waals surface area contributed by atoms with Crippen LogP contribution in [-0.2, 0) is 9.84 Å². The first-order valence-electron chi connectivity index (χ1n) is 5.67. The highest BCUT2D eigenvalue weighted by molar-refractivity contribution is 7.96. The Bertz CT molecular complexity index is 771.